The van der Waals surface area contributed by atoms with Crippen LogP contribution in [0.1, 0.15) is 5.56 Å². The fraction of sp³-hybridized carbons (Fsp3) is 0.462. The number of nitrogens with zero attached hydrogens (tertiary/aromatic N) is 1. The first-order valence-corrected chi connectivity index (χ1v) is 5.97. The van der Waals surface area contributed by atoms with E-state index in [1.54, 1.807) is 0 Å². The Kier molecular flexibility index (Phi) is 2.52. The van der Waals surface area contributed by atoms with E-state index < -0.39 is 0 Å². The number of amides is 1. The van der Waals surface area contributed by atoms with Crippen LogP contribution in [0.5, 0.6) is 5.75 Å². The predicted octanol–water partition coefficient (Wildman–Crippen LogP) is 0.420. The molecule has 1 fully saturated rings. The highest BCUT2D eigenvalue weighted by molar-refractivity contribution is 5.82. The molecular weight excluding hydrogens is 216 g/mol. The summed E-state index contributed by atoms with van der Waals surface area (Å²) >= 11 is 0. The molecule has 0 saturated carbocycles. The molecule has 2 aliphatic heterocycles. The number of nitrogens with one attached hydrogen (secondary N) is 1. The normalized spacial score (nSPS) is 22.5. The van der Waals surface area contributed by atoms with Crippen LogP contribution in [0, 0.1) is 0 Å². The van der Waals surface area contributed by atoms with Crippen LogP contribution in [-0.2, 0) is 11.2 Å². The highest BCUT2D eigenvalue weighted by Gasteiger charge is 2.34. The summed E-state index contributed by atoms with van der Waals surface area (Å²) in [5.41, 5.74) is 1.13. The van der Waals surface area contributed by atoms with Crippen LogP contribution in [-0.4, -0.2) is 43.1 Å². The maximum Gasteiger partial charge on any atom is 0.264 e. The second kappa shape index (κ2) is 4.04. The summed E-state index contributed by atoms with van der Waals surface area (Å²) in [6, 6.07) is 8.19. The lowest BCUT2D eigenvalue weighted by molar-refractivity contribution is -0.139. The largest absolute Gasteiger partial charge is 0.480 e. The Bertz CT molecular complexity index is 418. The third-order valence-electron chi connectivity index (χ3n) is 3.58. The molecule has 0 aliphatic carbocycles. The molecule has 1 atom stereocenters. The number of hydrogen-bond acceptors (Lipinski definition) is 3. The SMILES string of the molecule is CN(C(=O)C1Cc2ccccc2O1)C1CNC1. The Balaban J connectivity index is 1.69. The third-order valence-corrected chi connectivity index (χ3v) is 3.58. The zero-order chi connectivity index (χ0) is 11.8. The molecule has 0 radical (unpaired) electrons. The quantitative estimate of drug-likeness (QED) is 0.803. The number of benzene rings is 1. The van der Waals surface area contributed by atoms with E-state index in [2.05, 4.69) is 5.32 Å². The van der Waals surface area contributed by atoms with E-state index in [0.717, 1.165) is 24.4 Å². The van der Waals surface area contributed by atoms with Crippen molar-refractivity contribution in [3.63, 3.8) is 0 Å². The highest BCUT2D eigenvalue weighted by Crippen LogP contribution is 2.29. The zero-order valence-electron chi connectivity index (χ0n) is 9.85. The fourth-order valence-corrected chi connectivity index (χ4v) is 2.27. The van der Waals surface area contributed by atoms with Crippen LogP contribution < -0.4 is 10.1 Å². The Morgan fingerprint density at radius 2 is 2.18 bits per heavy atom. The lowest BCUT2D eigenvalue weighted by Gasteiger charge is -2.36. The van der Waals surface area contributed by atoms with Crippen molar-refractivity contribution >= 4 is 5.91 Å². The topological polar surface area (TPSA) is 41.6 Å². The van der Waals surface area contributed by atoms with Gasteiger partial charge in [0, 0.05) is 26.6 Å². The lowest BCUT2D eigenvalue weighted by Crippen LogP contribution is -2.59. The Morgan fingerprint density at radius 3 is 2.82 bits per heavy atom. The number of likely N-dealkylation sites (N-methyl/N-ethyl adjacent to an activating group) is 1. The van der Waals surface area contributed by atoms with E-state index in [1.807, 2.05) is 36.2 Å². The first-order valence-electron chi connectivity index (χ1n) is 5.97. The summed E-state index contributed by atoms with van der Waals surface area (Å²) in [7, 11) is 1.86. The Hall–Kier alpha value is -1.55. The molecule has 0 aromatic heterocycles. The second-order valence-electron chi connectivity index (χ2n) is 4.68. The van der Waals surface area contributed by atoms with Crippen LogP contribution in [0.2, 0.25) is 0 Å². The van der Waals surface area contributed by atoms with Gasteiger partial charge in [0.2, 0.25) is 0 Å². The van der Waals surface area contributed by atoms with Gasteiger partial charge in [0.15, 0.2) is 6.10 Å². The van der Waals surface area contributed by atoms with Gasteiger partial charge in [-0.1, -0.05) is 18.2 Å². The van der Waals surface area contributed by atoms with Crippen molar-refractivity contribution in [1.29, 1.82) is 0 Å². The summed E-state index contributed by atoms with van der Waals surface area (Å²) in [5, 5.41) is 3.17. The molecule has 1 N–H and O–H groups in total. The molecule has 1 aromatic carbocycles. The average Bonchev–Trinajstić information content (AvgIpc) is 2.68. The zero-order valence-corrected chi connectivity index (χ0v) is 9.85. The number of ether oxygens (including phenoxy) is 1. The summed E-state index contributed by atoms with van der Waals surface area (Å²) in [5.74, 6) is 0.943. The van der Waals surface area contributed by atoms with E-state index in [0.29, 0.717) is 12.5 Å². The van der Waals surface area contributed by atoms with Gasteiger partial charge in [-0.05, 0) is 11.6 Å². The molecule has 17 heavy (non-hydrogen) atoms. The van der Waals surface area contributed by atoms with Gasteiger partial charge in [-0.15, -0.1) is 0 Å². The van der Waals surface area contributed by atoms with E-state index in [9.17, 15) is 4.79 Å². The van der Waals surface area contributed by atoms with E-state index in [-0.39, 0.29) is 12.0 Å². The van der Waals surface area contributed by atoms with Crippen molar-refractivity contribution in [1.82, 2.24) is 10.2 Å². The number of para-hydroxylation sites is 1. The highest BCUT2D eigenvalue weighted by atomic mass is 16.5. The molecule has 1 unspecified atom stereocenters. The number of fused-ring (bicyclic) bond motifs is 1. The van der Waals surface area contributed by atoms with Gasteiger partial charge in [-0.2, -0.15) is 0 Å². The molecule has 4 heteroatoms. The lowest BCUT2D eigenvalue weighted by atomic mass is 10.1. The van der Waals surface area contributed by atoms with E-state index >= 15 is 0 Å². The molecule has 1 aromatic rings. The fourth-order valence-electron chi connectivity index (χ4n) is 2.27. The monoisotopic (exact) mass is 232 g/mol. The van der Waals surface area contributed by atoms with Gasteiger partial charge in [0.25, 0.3) is 5.91 Å². The summed E-state index contributed by atoms with van der Waals surface area (Å²) in [4.78, 5) is 14.0. The van der Waals surface area contributed by atoms with Crippen LogP contribution >= 0.6 is 0 Å². The van der Waals surface area contributed by atoms with Crippen molar-refractivity contribution in [3.05, 3.63) is 29.8 Å². The standard InChI is InChI=1S/C13H16N2O2/c1-15(10-7-14-8-10)13(16)12-6-9-4-2-3-5-11(9)17-12/h2-5,10,12,14H,6-8H2,1H3. The summed E-state index contributed by atoms with van der Waals surface area (Å²) < 4.78 is 5.70. The number of hydrogen-bond donors (Lipinski definition) is 1. The summed E-state index contributed by atoms with van der Waals surface area (Å²) in [6.07, 6.45) is 0.359. The number of carbonyl (C=O) groups is 1. The molecule has 0 spiro atoms. The molecule has 1 saturated heterocycles. The van der Waals surface area contributed by atoms with Gasteiger partial charge in [-0.25, -0.2) is 0 Å². The van der Waals surface area contributed by atoms with E-state index in [4.69, 9.17) is 4.74 Å². The molecule has 1 amide bonds. The first kappa shape index (κ1) is 10.6. The molecule has 2 aliphatic rings. The van der Waals surface area contributed by atoms with Crippen LogP contribution in [0.3, 0.4) is 0 Å². The van der Waals surface area contributed by atoms with Crippen LogP contribution in [0.4, 0.5) is 0 Å². The van der Waals surface area contributed by atoms with Crippen molar-refractivity contribution in [2.75, 3.05) is 20.1 Å². The van der Waals surface area contributed by atoms with Gasteiger partial charge in [-0.3, -0.25) is 4.79 Å². The third kappa shape index (κ3) is 1.78. The molecule has 3 rings (SSSR count). The molecule has 90 valence electrons. The van der Waals surface area contributed by atoms with Crippen molar-refractivity contribution < 1.29 is 9.53 Å². The molecule has 0 bridgehead atoms. The van der Waals surface area contributed by atoms with Gasteiger partial charge >= 0.3 is 0 Å². The van der Waals surface area contributed by atoms with Crippen molar-refractivity contribution in [3.8, 4) is 5.75 Å². The second-order valence-corrected chi connectivity index (χ2v) is 4.68. The van der Waals surface area contributed by atoms with Gasteiger partial charge in [0.05, 0.1) is 6.04 Å². The minimum atomic E-state index is -0.335. The van der Waals surface area contributed by atoms with Crippen molar-refractivity contribution in [2.45, 2.75) is 18.6 Å². The molecular formula is C13H16N2O2. The smallest absolute Gasteiger partial charge is 0.264 e. The van der Waals surface area contributed by atoms with Crippen LogP contribution in [0.15, 0.2) is 24.3 Å². The average molecular weight is 232 g/mol. The number of rotatable bonds is 2. The number of carbonyl (C=O) groups excluding carboxylic acids is 1. The van der Waals surface area contributed by atoms with Gasteiger partial charge < -0.3 is 15.0 Å². The maximum atomic E-state index is 12.2. The first-order chi connectivity index (χ1) is 8.25. The van der Waals surface area contributed by atoms with Crippen molar-refractivity contribution in [2.24, 2.45) is 0 Å². The predicted molar refractivity (Wildman–Crippen MR) is 64.0 cm³/mol. The summed E-state index contributed by atoms with van der Waals surface area (Å²) in [6.45, 7) is 1.78. The Morgan fingerprint density at radius 1 is 1.41 bits per heavy atom. The molecule has 2 heterocycles. The Labute approximate surface area is 101 Å². The minimum Gasteiger partial charge on any atom is -0.480 e. The maximum absolute atomic E-state index is 12.2. The van der Waals surface area contributed by atoms with Gasteiger partial charge in [0.1, 0.15) is 5.75 Å². The molecule has 4 nitrogen and oxygen atoms in total. The van der Waals surface area contributed by atoms with Crippen LogP contribution in [0.25, 0.3) is 0 Å². The minimum absolute atomic E-state index is 0.0905. The van der Waals surface area contributed by atoms with E-state index in [1.165, 1.54) is 0 Å².